The lowest BCUT2D eigenvalue weighted by atomic mass is 10.0. The predicted octanol–water partition coefficient (Wildman–Crippen LogP) is 3.36. The van der Waals surface area contributed by atoms with Gasteiger partial charge in [0.05, 0.1) is 11.3 Å². The maximum atomic E-state index is 12.9. The van der Waals surface area contributed by atoms with Crippen LogP contribution in [-0.4, -0.2) is 34.7 Å². The van der Waals surface area contributed by atoms with Crippen LogP contribution < -0.4 is 10.6 Å². The van der Waals surface area contributed by atoms with Crippen LogP contribution in [0.4, 0.5) is 0 Å². The Morgan fingerprint density at radius 3 is 2.37 bits per heavy atom. The van der Waals surface area contributed by atoms with Gasteiger partial charge in [0.1, 0.15) is 5.69 Å². The zero-order valence-electron chi connectivity index (χ0n) is 17.1. The van der Waals surface area contributed by atoms with E-state index in [1.807, 2.05) is 42.5 Å². The summed E-state index contributed by atoms with van der Waals surface area (Å²) in [7, 11) is 0. The Morgan fingerprint density at radius 1 is 1.00 bits per heavy atom. The molecular formula is C24H26N4O2. The highest BCUT2D eigenvalue weighted by atomic mass is 16.2. The first-order valence-electron chi connectivity index (χ1n) is 10.5. The lowest BCUT2D eigenvalue weighted by molar-refractivity contribution is -0.122. The van der Waals surface area contributed by atoms with Crippen LogP contribution in [0.1, 0.15) is 35.7 Å². The molecular weight excluding hydrogens is 376 g/mol. The van der Waals surface area contributed by atoms with E-state index >= 15 is 0 Å². The fraction of sp³-hybridized carbons (Fsp3) is 0.292. The lowest BCUT2D eigenvalue weighted by Crippen LogP contribution is -2.35. The van der Waals surface area contributed by atoms with E-state index in [-0.39, 0.29) is 17.7 Å². The molecule has 6 nitrogen and oxygen atoms in total. The first-order chi connectivity index (χ1) is 14.7. The Labute approximate surface area is 176 Å². The highest BCUT2D eigenvalue weighted by molar-refractivity contribution is 6.00. The summed E-state index contributed by atoms with van der Waals surface area (Å²) in [5, 5.41) is 10.5. The van der Waals surface area contributed by atoms with Gasteiger partial charge in [-0.15, -0.1) is 0 Å². The number of aryl methyl sites for hydroxylation is 1. The van der Waals surface area contributed by atoms with Crippen molar-refractivity contribution >= 4 is 11.8 Å². The van der Waals surface area contributed by atoms with Crippen LogP contribution in [0, 0.1) is 5.92 Å². The molecule has 0 atom stereocenters. The monoisotopic (exact) mass is 402 g/mol. The van der Waals surface area contributed by atoms with Crippen LogP contribution in [-0.2, 0) is 11.2 Å². The number of aromatic nitrogens is 2. The van der Waals surface area contributed by atoms with E-state index in [4.69, 9.17) is 5.10 Å². The van der Waals surface area contributed by atoms with E-state index in [2.05, 4.69) is 29.7 Å². The molecule has 0 aliphatic heterocycles. The zero-order valence-corrected chi connectivity index (χ0v) is 17.1. The van der Waals surface area contributed by atoms with Gasteiger partial charge in [-0.2, -0.15) is 5.10 Å². The number of amides is 2. The molecule has 0 spiro atoms. The maximum Gasteiger partial charge on any atom is 0.255 e. The Morgan fingerprint density at radius 2 is 1.70 bits per heavy atom. The fourth-order valence-corrected chi connectivity index (χ4v) is 3.31. The van der Waals surface area contributed by atoms with Crippen LogP contribution in [0.3, 0.4) is 0 Å². The van der Waals surface area contributed by atoms with Gasteiger partial charge >= 0.3 is 0 Å². The number of para-hydroxylation sites is 1. The molecule has 3 aromatic rings. The van der Waals surface area contributed by atoms with Crippen LogP contribution in [0.15, 0.2) is 60.8 Å². The van der Waals surface area contributed by atoms with Gasteiger partial charge in [0.2, 0.25) is 5.91 Å². The first-order valence-corrected chi connectivity index (χ1v) is 10.5. The molecule has 1 aliphatic rings. The molecule has 0 unspecified atom stereocenters. The number of carbonyl (C=O) groups is 2. The van der Waals surface area contributed by atoms with Gasteiger partial charge in [-0.25, -0.2) is 4.68 Å². The summed E-state index contributed by atoms with van der Waals surface area (Å²) < 4.78 is 1.73. The molecule has 1 heterocycles. The summed E-state index contributed by atoms with van der Waals surface area (Å²) in [5.74, 6) is 0.0489. The van der Waals surface area contributed by atoms with Crippen molar-refractivity contribution in [3.05, 3.63) is 71.9 Å². The molecule has 154 valence electrons. The topological polar surface area (TPSA) is 76.0 Å². The Bertz CT molecular complexity index is 1020. The number of nitrogens with one attached hydrogen (secondary N) is 2. The van der Waals surface area contributed by atoms with Crippen LogP contribution in [0.25, 0.3) is 16.9 Å². The average molecular weight is 402 g/mol. The van der Waals surface area contributed by atoms with E-state index in [0.717, 1.165) is 30.5 Å². The number of rotatable bonds is 8. The number of nitrogens with zero attached hydrogens (tertiary/aromatic N) is 2. The lowest BCUT2D eigenvalue weighted by Gasteiger charge is -2.07. The second kappa shape index (κ2) is 8.95. The zero-order chi connectivity index (χ0) is 20.9. The van der Waals surface area contributed by atoms with Crippen molar-refractivity contribution in [2.75, 3.05) is 13.1 Å². The molecule has 2 amide bonds. The largest absolute Gasteiger partial charge is 0.354 e. The van der Waals surface area contributed by atoms with Crippen LogP contribution in [0.2, 0.25) is 0 Å². The molecule has 1 aromatic heterocycles. The molecule has 4 rings (SSSR count). The van der Waals surface area contributed by atoms with Crippen molar-refractivity contribution < 1.29 is 9.59 Å². The van der Waals surface area contributed by atoms with Crippen molar-refractivity contribution in [2.24, 2.45) is 5.92 Å². The highest BCUT2D eigenvalue weighted by Gasteiger charge is 2.29. The summed E-state index contributed by atoms with van der Waals surface area (Å²) in [6.07, 6.45) is 4.66. The minimum absolute atomic E-state index is 0.0813. The van der Waals surface area contributed by atoms with Crippen LogP contribution >= 0.6 is 0 Å². The number of carbonyl (C=O) groups excluding carboxylic acids is 2. The molecule has 2 aromatic carbocycles. The Kier molecular flexibility index (Phi) is 5.93. The highest BCUT2D eigenvalue weighted by Crippen LogP contribution is 2.28. The Hall–Kier alpha value is -3.41. The van der Waals surface area contributed by atoms with Gasteiger partial charge in [-0.05, 0) is 37.0 Å². The second-order valence-corrected chi connectivity index (χ2v) is 7.54. The maximum absolute atomic E-state index is 12.9. The molecule has 6 heteroatoms. The van der Waals surface area contributed by atoms with Crippen molar-refractivity contribution in [3.8, 4) is 16.9 Å². The quantitative estimate of drug-likeness (QED) is 0.567. The predicted molar refractivity (Wildman–Crippen MR) is 116 cm³/mol. The summed E-state index contributed by atoms with van der Waals surface area (Å²) in [6, 6.07) is 17.9. The second-order valence-electron chi connectivity index (χ2n) is 7.54. The molecule has 30 heavy (non-hydrogen) atoms. The standard InChI is InChI=1S/C24H26N4O2/c1-2-17-8-10-18(11-9-17)22-21(16-28(27-22)20-6-4-3-5-7-20)24(30)26-15-14-25-23(29)19-12-13-19/h3-11,16,19H,2,12-15H2,1H3,(H,25,29)(H,26,30). The van der Waals surface area contributed by atoms with Gasteiger partial charge in [0.25, 0.3) is 5.91 Å². The average Bonchev–Trinajstić information content (AvgIpc) is 3.55. The summed E-state index contributed by atoms with van der Waals surface area (Å²) in [6.45, 7) is 2.91. The number of hydrogen-bond acceptors (Lipinski definition) is 3. The number of hydrogen-bond donors (Lipinski definition) is 2. The van der Waals surface area contributed by atoms with Crippen molar-refractivity contribution in [1.29, 1.82) is 0 Å². The minimum atomic E-state index is -0.201. The van der Waals surface area contributed by atoms with Gasteiger partial charge in [0.15, 0.2) is 0 Å². The molecule has 0 radical (unpaired) electrons. The van der Waals surface area contributed by atoms with Crippen molar-refractivity contribution in [3.63, 3.8) is 0 Å². The molecule has 1 fully saturated rings. The van der Waals surface area contributed by atoms with E-state index < -0.39 is 0 Å². The van der Waals surface area contributed by atoms with E-state index in [9.17, 15) is 9.59 Å². The van der Waals surface area contributed by atoms with Crippen molar-refractivity contribution in [1.82, 2.24) is 20.4 Å². The minimum Gasteiger partial charge on any atom is -0.354 e. The fourth-order valence-electron chi connectivity index (χ4n) is 3.31. The normalized spacial score (nSPS) is 13.1. The van der Waals surface area contributed by atoms with E-state index in [0.29, 0.717) is 24.3 Å². The van der Waals surface area contributed by atoms with E-state index in [1.165, 1.54) is 5.56 Å². The molecule has 1 saturated carbocycles. The first kappa shape index (κ1) is 19.9. The van der Waals surface area contributed by atoms with Gasteiger partial charge in [0, 0.05) is 30.8 Å². The van der Waals surface area contributed by atoms with Crippen LogP contribution in [0.5, 0.6) is 0 Å². The summed E-state index contributed by atoms with van der Waals surface area (Å²) in [5.41, 5.74) is 4.17. The summed E-state index contributed by atoms with van der Waals surface area (Å²) >= 11 is 0. The molecule has 0 bridgehead atoms. The third kappa shape index (κ3) is 4.59. The Balaban J connectivity index is 1.53. The molecule has 1 aliphatic carbocycles. The summed E-state index contributed by atoms with van der Waals surface area (Å²) in [4.78, 5) is 24.7. The SMILES string of the molecule is CCc1ccc(-c2nn(-c3ccccc3)cc2C(=O)NCCNC(=O)C2CC2)cc1. The van der Waals surface area contributed by atoms with Gasteiger partial charge < -0.3 is 10.6 Å². The van der Waals surface area contributed by atoms with Gasteiger partial charge in [-0.3, -0.25) is 9.59 Å². The molecule has 2 N–H and O–H groups in total. The smallest absolute Gasteiger partial charge is 0.255 e. The third-order valence-corrected chi connectivity index (χ3v) is 5.27. The van der Waals surface area contributed by atoms with E-state index in [1.54, 1.807) is 10.9 Å². The molecule has 0 saturated heterocycles. The third-order valence-electron chi connectivity index (χ3n) is 5.27. The van der Waals surface area contributed by atoms with Gasteiger partial charge in [-0.1, -0.05) is 49.4 Å². The number of benzene rings is 2. The van der Waals surface area contributed by atoms with Crippen molar-refractivity contribution in [2.45, 2.75) is 26.2 Å².